The lowest BCUT2D eigenvalue weighted by molar-refractivity contribution is -0.137. The van der Waals surface area contributed by atoms with Gasteiger partial charge in [-0.2, -0.15) is 13.2 Å². The summed E-state index contributed by atoms with van der Waals surface area (Å²) in [4.78, 5) is 27.0. The molecule has 1 aliphatic carbocycles. The first-order valence-electron chi connectivity index (χ1n) is 11.4. The molecule has 2 aromatic heterocycles. The molecule has 2 saturated heterocycles. The van der Waals surface area contributed by atoms with Gasteiger partial charge in [0.1, 0.15) is 12.8 Å². The SMILES string of the molecule is O=C(c1ccccc1-c1ncc(F)cn1)N1[C@H](CF)[C@@H]2CC[C@H]1[C@H](Oc1ccc(C(F)(F)F)cn1)C2. The van der Waals surface area contributed by atoms with Gasteiger partial charge in [-0.05, 0) is 37.3 Å². The van der Waals surface area contributed by atoms with E-state index in [9.17, 15) is 26.7 Å². The fraction of sp³-hybridized carbons (Fsp3) is 0.360. The Morgan fingerprint density at radius 1 is 1.03 bits per heavy atom. The number of carbonyl (C=O) groups excluding carboxylic acids is 1. The Morgan fingerprint density at radius 2 is 1.78 bits per heavy atom. The first kappa shape index (κ1) is 24.1. The van der Waals surface area contributed by atoms with Gasteiger partial charge in [-0.25, -0.2) is 23.7 Å². The average Bonchev–Trinajstić information content (AvgIpc) is 2.88. The van der Waals surface area contributed by atoms with Crippen LogP contribution in [0.25, 0.3) is 11.4 Å². The summed E-state index contributed by atoms with van der Waals surface area (Å²) in [6, 6.07) is 7.42. The molecule has 2 aliphatic heterocycles. The summed E-state index contributed by atoms with van der Waals surface area (Å²) >= 11 is 0. The van der Waals surface area contributed by atoms with Crippen LogP contribution in [0.15, 0.2) is 55.0 Å². The normalized spacial score (nSPS) is 23.5. The van der Waals surface area contributed by atoms with E-state index in [1.807, 2.05) is 0 Å². The number of benzene rings is 1. The highest BCUT2D eigenvalue weighted by molar-refractivity contribution is 6.00. The molecular weight excluding hydrogens is 483 g/mol. The Labute approximate surface area is 203 Å². The number of aromatic nitrogens is 3. The van der Waals surface area contributed by atoms with Gasteiger partial charge in [0.05, 0.1) is 35.6 Å². The summed E-state index contributed by atoms with van der Waals surface area (Å²) in [6.45, 7) is -0.743. The van der Waals surface area contributed by atoms with Crippen molar-refractivity contribution in [3.05, 3.63) is 71.9 Å². The lowest BCUT2D eigenvalue weighted by atomic mass is 9.72. The lowest BCUT2D eigenvalue weighted by Gasteiger charge is -2.53. The van der Waals surface area contributed by atoms with E-state index < -0.39 is 48.3 Å². The molecule has 11 heteroatoms. The molecule has 188 valence electrons. The summed E-state index contributed by atoms with van der Waals surface area (Å²) in [6.07, 6.45) is -0.685. The van der Waals surface area contributed by atoms with Gasteiger partial charge in [-0.15, -0.1) is 0 Å². The fourth-order valence-corrected chi connectivity index (χ4v) is 5.14. The van der Waals surface area contributed by atoms with E-state index in [-0.39, 0.29) is 23.2 Å². The van der Waals surface area contributed by atoms with Crippen LogP contribution in [-0.2, 0) is 6.18 Å². The standard InChI is InChI=1S/C25H21F5N4O2/c26-10-20-14-5-7-19(21(9-14)36-22-8-6-15(11-31-22)25(28,29)30)34(20)24(35)18-4-2-1-3-17(18)23-32-12-16(27)13-33-23/h1-4,6,8,11-14,19-21H,5,7,9-10H2/t14-,19+,20-,21-/m1/s1. The molecule has 0 radical (unpaired) electrons. The number of nitrogens with zero attached hydrogens (tertiary/aromatic N) is 4. The summed E-state index contributed by atoms with van der Waals surface area (Å²) in [5.74, 6) is -1.08. The smallest absolute Gasteiger partial charge is 0.417 e. The van der Waals surface area contributed by atoms with Crippen molar-refractivity contribution in [2.75, 3.05) is 6.67 Å². The second kappa shape index (κ2) is 9.44. The quantitative estimate of drug-likeness (QED) is 0.452. The fourth-order valence-electron chi connectivity index (χ4n) is 5.14. The van der Waals surface area contributed by atoms with Crippen LogP contribution in [0.1, 0.15) is 35.2 Å². The average molecular weight is 504 g/mol. The topological polar surface area (TPSA) is 68.2 Å². The van der Waals surface area contributed by atoms with Crippen LogP contribution in [0.4, 0.5) is 22.0 Å². The number of fused-ring (bicyclic) bond motifs is 3. The molecule has 3 aromatic rings. The predicted octanol–water partition coefficient (Wildman–Crippen LogP) is 5.11. The molecular formula is C25H21F5N4O2. The van der Waals surface area contributed by atoms with Crippen molar-refractivity contribution in [2.24, 2.45) is 5.92 Å². The Morgan fingerprint density at radius 3 is 2.44 bits per heavy atom. The van der Waals surface area contributed by atoms with Crippen LogP contribution in [-0.4, -0.2) is 50.6 Å². The van der Waals surface area contributed by atoms with Crippen molar-refractivity contribution in [3.8, 4) is 17.3 Å². The Bertz CT molecular complexity index is 1240. The largest absolute Gasteiger partial charge is 0.472 e. The third-order valence-corrected chi connectivity index (χ3v) is 6.80. The first-order valence-corrected chi connectivity index (χ1v) is 11.4. The van der Waals surface area contributed by atoms with Gasteiger partial charge < -0.3 is 9.64 Å². The first-order chi connectivity index (χ1) is 17.3. The number of alkyl halides is 4. The van der Waals surface area contributed by atoms with Gasteiger partial charge in [0, 0.05) is 17.8 Å². The number of hydrogen-bond acceptors (Lipinski definition) is 5. The predicted molar refractivity (Wildman–Crippen MR) is 118 cm³/mol. The highest BCUT2D eigenvalue weighted by atomic mass is 19.4. The van der Waals surface area contributed by atoms with Crippen LogP contribution < -0.4 is 4.74 Å². The Balaban J connectivity index is 1.44. The minimum Gasteiger partial charge on any atom is -0.472 e. The van der Waals surface area contributed by atoms with Crippen molar-refractivity contribution in [1.82, 2.24) is 19.9 Å². The van der Waals surface area contributed by atoms with E-state index in [1.54, 1.807) is 24.3 Å². The van der Waals surface area contributed by atoms with Crippen molar-refractivity contribution in [1.29, 1.82) is 0 Å². The zero-order valence-electron chi connectivity index (χ0n) is 18.8. The molecule has 1 amide bonds. The number of amides is 1. The van der Waals surface area contributed by atoms with Crippen molar-refractivity contribution in [3.63, 3.8) is 0 Å². The zero-order valence-corrected chi connectivity index (χ0v) is 18.8. The summed E-state index contributed by atoms with van der Waals surface area (Å²) in [5.41, 5.74) is -0.279. The molecule has 1 saturated carbocycles. The third-order valence-electron chi connectivity index (χ3n) is 6.80. The maximum Gasteiger partial charge on any atom is 0.417 e. The number of hydrogen-bond donors (Lipinski definition) is 0. The van der Waals surface area contributed by atoms with Crippen LogP contribution >= 0.6 is 0 Å². The van der Waals surface area contributed by atoms with E-state index in [0.717, 1.165) is 24.5 Å². The van der Waals surface area contributed by atoms with E-state index >= 15 is 0 Å². The molecule has 2 bridgehead atoms. The molecule has 4 atom stereocenters. The molecule has 0 unspecified atom stereocenters. The van der Waals surface area contributed by atoms with Crippen molar-refractivity contribution < 1.29 is 31.5 Å². The molecule has 1 aromatic carbocycles. The third kappa shape index (κ3) is 4.49. The van der Waals surface area contributed by atoms with Crippen LogP contribution in [0.3, 0.4) is 0 Å². The maximum atomic E-state index is 14.2. The second-order valence-electron chi connectivity index (χ2n) is 8.88. The highest BCUT2D eigenvalue weighted by Crippen LogP contribution is 2.43. The number of carbonyl (C=O) groups is 1. The monoisotopic (exact) mass is 504 g/mol. The van der Waals surface area contributed by atoms with E-state index in [4.69, 9.17) is 4.74 Å². The number of halogens is 5. The number of ether oxygens (including phenoxy) is 1. The zero-order chi connectivity index (χ0) is 25.4. The van der Waals surface area contributed by atoms with E-state index in [0.29, 0.717) is 31.0 Å². The molecule has 36 heavy (non-hydrogen) atoms. The minimum absolute atomic E-state index is 0.00450. The second-order valence-corrected chi connectivity index (χ2v) is 8.88. The molecule has 3 fully saturated rings. The molecule has 0 N–H and O–H groups in total. The van der Waals surface area contributed by atoms with Crippen molar-refractivity contribution >= 4 is 5.91 Å². The van der Waals surface area contributed by atoms with Gasteiger partial charge >= 0.3 is 6.18 Å². The van der Waals surface area contributed by atoms with E-state index in [1.165, 1.54) is 4.90 Å². The van der Waals surface area contributed by atoms with E-state index in [2.05, 4.69) is 15.0 Å². The Hall–Kier alpha value is -3.63. The maximum absolute atomic E-state index is 14.2. The summed E-state index contributed by atoms with van der Waals surface area (Å²) in [5, 5.41) is 0. The van der Waals surface area contributed by atoms with Crippen LogP contribution in [0.5, 0.6) is 5.88 Å². The molecule has 6 nitrogen and oxygen atoms in total. The van der Waals surface area contributed by atoms with Gasteiger partial charge in [-0.3, -0.25) is 4.79 Å². The molecule has 0 spiro atoms. The van der Waals surface area contributed by atoms with Gasteiger partial charge in [0.15, 0.2) is 11.6 Å². The van der Waals surface area contributed by atoms with Crippen molar-refractivity contribution in [2.45, 2.75) is 43.6 Å². The number of rotatable bonds is 5. The van der Waals surface area contributed by atoms with Crippen LogP contribution in [0.2, 0.25) is 0 Å². The Kier molecular flexibility index (Phi) is 6.31. The number of piperidine rings is 2. The lowest BCUT2D eigenvalue weighted by Crippen LogP contribution is -2.64. The molecule has 6 rings (SSSR count). The number of pyridine rings is 1. The summed E-state index contributed by atoms with van der Waals surface area (Å²) in [7, 11) is 0. The highest BCUT2D eigenvalue weighted by Gasteiger charge is 2.50. The molecule has 4 heterocycles. The molecule has 3 aliphatic rings. The minimum atomic E-state index is -4.52. The van der Waals surface area contributed by atoms with Gasteiger partial charge in [0.25, 0.3) is 5.91 Å². The van der Waals surface area contributed by atoms with Crippen LogP contribution in [0, 0.1) is 11.7 Å². The van der Waals surface area contributed by atoms with Gasteiger partial charge in [-0.1, -0.05) is 18.2 Å². The summed E-state index contributed by atoms with van der Waals surface area (Å²) < 4.78 is 72.1. The van der Waals surface area contributed by atoms with Gasteiger partial charge in [0.2, 0.25) is 5.88 Å².